The van der Waals surface area contributed by atoms with Gasteiger partial charge in [-0.05, 0) is 55.9 Å². The van der Waals surface area contributed by atoms with Crippen molar-refractivity contribution in [3.05, 3.63) is 29.3 Å². The van der Waals surface area contributed by atoms with Gasteiger partial charge in [-0.2, -0.15) is 4.31 Å². The summed E-state index contributed by atoms with van der Waals surface area (Å²) in [7, 11) is -3.34. The number of halogens is 1. The highest BCUT2D eigenvalue weighted by atomic mass is 35.5. The first-order valence-electron chi connectivity index (χ1n) is 6.58. The summed E-state index contributed by atoms with van der Waals surface area (Å²) in [6, 6.07) is 5.33. The minimum absolute atomic E-state index is 0.402. The molecule has 19 heavy (non-hydrogen) atoms. The summed E-state index contributed by atoms with van der Waals surface area (Å²) < 4.78 is 26.7. The Hall–Kier alpha value is -0.580. The molecule has 0 N–H and O–H groups in total. The normalized spacial score (nSPS) is 20.9. The van der Waals surface area contributed by atoms with Crippen LogP contribution in [0.15, 0.2) is 23.1 Å². The second kappa shape index (κ2) is 5.81. The summed E-state index contributed by atoms with van der Waals surface area (Å²) in [5, 5.41) is 0. The number of sulfonamides is 1. The van der Waals surface area contributed by atoms with Gasteiger partial charge in [0.15, 0.2) is 0 Å². The zero-order chi connectivity index (χ0) is 14.0. The predicted octanol–water partition coefficient (Wildman–Crippen LogP) is 2.94. The third-order valence-corrected chi connectivity index (χ3v) is 5.96. The van der Waals surface area contributed by atoms with Gasteiger partial charge in [-0.15, -0.1) is 11.6 Å². The molecule has 106 valence electrons. The van der Waals surface area contributed by atoms with Gasteiger partial charge in [0.25, 0.3) is 0 Å². The SMILES string of the molecule is Cc1ccc(S(=O)(=O)N2CCC(CCCl)C2)cc1C. The number of hydrogen-bond donors (Lipinski definition) is 0. The van der Waals surface area contributed by atoms with Gasteiger partial charge in [-0.25, -0.2) is 8.42 Å². The molecule has 1 aromatic carbocycles. The lowest BCUT2D eigenvalue weighted by Gasteiger charge is -2.17. The Balaban J connectivity index is 2.21. The highest BCUT2D eigenvalue weighted by Crippen LogP contribution is 2.27. The summed E-state index contributed by atoms with van der Waals surface area (Å²) >= 11 is 5.73. The summed E-state index contributed by atoms with van der Waals surface area (Å²) in [4.78, 5) is 0.405. The van der Waals surface area contributed by atoms with E-state index in [2.05, 4.69) is 0 Å². The van der Waals surface area contributed by atoms with Crippen LogP contribution in [0.25, 0.3) is 0 Å². The van der Waals surface area contributed by atoms with Gasteiger partial charge in [-0.1, -0.05) is 6.07 Å². The Kier molecular flexibility index (Phi) is 4.54. The molecule has 3 nitrogen and oxygen atoms in total. The third-order valence-electron chi connectivity index (χ3n) is 3.88. The monoisotopic (exact) mass is 301 g/mol. The van der Waals surface area contributed by atoms with E-state index in [1.165, 1.54) is 0 Å². The highest BCUT2D eigenvalue weighted by molar-refractivity contribution is 7.89. The number of benzene rings is 1. The Bertz CT molecular complexity index is 557. The number of aryl methyl sites for hydroxylation is 2. The first kappa shape index (κ1) is 14.8. The minimum atomic E-state index is -3.34. The smallest absolute Gasteiger partial charge is 0.207 e. The molecule has 0 aliphatic carbocycles. The van der Waals surface area contributed by atoms with Crippen molar-refractivity contribution in [3.63, 3.8) is 0 Å². The topological polar surface area (TPSA) is 37.4 Å². The second-order valence-corrected chi connectivity index (χ2v) is 7.56. The zero-order valence-electron chi connectivity index (χ0n) is 11.4. The van der Waals surface area contributed by atoms with E-state index in [4.69, 9.17) is 11.6 Å². The van der Waals surface area contributed by atoms with E-state index in [0.29, 0.717) is 29.8 Å². The van der Waals surface area contributed by atoms with Crippen LogP contribution in [0.4, 0.5) is 0 Å². The predicted molar refractivity (Wildman–Crippen MR) is 78.1 cm³/mol. The average Bonchev–Trinajstić information content (AvgIpc) is 2.82. The molecule has 2 rings (SSSR count). The first-order chi connectivity index (χ1) is 8.95. The van der Waals surface area contributed by atoms with Gasteiger partial charge in [0.1, 0.15) is 0 Å². The average molecular weight is 302 g/mol. The van der Waals surface area contributed by atoms with Crippen molar-refractivity contribution in [1.82, 2.24) is 4.31 Å². The van der Waals surface area contributed by atoms with Crippen molar-refractivity contribution >= 4 is 21.6 Å². The van der Waals surface area contributed by atoms with Crippen LogP contribution in [0.5, 0.6) is 0 Å². The molecule has 0 bridgehead atoms. The fourth-order valence-electron chi connectivity index (χ4n) is 2.43. The van der Waals surface area contributed by atoms with Crippen molar-refractivity contribution in [2.24, 2.45) is 5.92 Å². The summed E-state index contributed by atoms with van der Waals surface area (Å²) in [6.45, 7) is 5.13. The largest absolute Gasteiger partial charge is 0.243 e. The quantitative estimate of drug-likeness (QED) is 0.802. The van der Waals surface area contributed by atoms with Crippen molar-refractivity contribution in [3.8, 4) is 0 Å². The van der Waals surface area contributed by atoms with Crippen LogP contribution >= 0.6 is 11.6 Å². The van der Waals surface area contributed by atoms with Gasteiger partial charge in [-0.3, -0.25) is 0 Å². The lowest BCUT2D eigenvalue weighted by atomic mass is 10.1. The van der Waals surface area contributed by atoms with Crippen LogP contribution in [-0.2, 0) is 10.0 Å². The number of hydrogen-bond acceptors (Lipinski definition) is 2. The van der Waals surface area contributed by atoms with Gasteiger partial charge in [0.05, 0.1) is 4.90 Å². The molecule has 0 saturated carbocycles. The maximum absolute atomic E-state index is 12.5. The van der Waals surface area contributed by atoms with E-state index in [9.17, 15) is 8.42 Å². The summed E-state index contributed by atoms with van der Waals surface area (Å²) in [5.41, 5.74) is 2.12. The lowest BCUT2D eigenvalue weighted by Crippen LogP contribution is -2.29. The Morgan fingerprint density at radius 3 is 2.68 bits per heavy atom. The van der Waals surface area contributed by atoms with E-state index >= 15 is 0 Å². The Morgan fingerprint density at radius 2 is 2.05 bits per heavy atom. The molecule has 5 heteroatoms. The third kappa shape index (κ3) is 3.12. The zero-order valence-corrected chi connectivity index (χ0v) is 13.0. The van der Waals surface area contributed by atoms with Crippen LogP contribution < -0.4 is 0 Å². The fraction of sp³-hybridized carbons (Fsp3) is 0.571. The van der Waals surface area contributed by atoms with Crippen molar-refractivity contribution in [1.29, 1.82) is 0 Å². The van der Waals surface area contributed by atoms with E-state index in [1.807, 2.05) is 19.9 Å². The van der Waals surface area contributed by atoms with E-state index in [0.717, 1.165) is 24.0 Å². The highest BCUT2D eigenvalue weighted by Gasteiger charge is 2.32. The molecule has 1 heterocycles. The van der Waals surface area contributed by atoms with Crippen molar-refractivity contribution in [2.75, 3.05) is 19.0 Å². The van der Waals surface area contributed by atoms with Gasteiger partial charge < -0.3 is 0 Å². The van der Waals surface area contributed by atoms with Crippen LogP contribution in [0.2, 0.25) is 0 Å². The maximum atomic E-state index is 12.5. The van der Waals surface area contributed by atoms with Crippen LogP contribution in [0, 0.1) is 19.8 Å². The summed E-state index contributed by atoms with van der Waals surface area (Å²) in [6.07, 6.45) is 1.80. The Labute approximate surface area is 120 Å². The molecule has 0 amide bonds. The van der Waals surface area contributed by atoms with Gasteiger partial charge in [0, 0.05) is 19.0 Å². The molecule has 1 aromatic rings. The molecular weight excluding hydrogens is 282 g/mol. The molecule has 1 atom stereocenters. The fourth-order valence-corrected chi connectivity index (χ4v) is 4.35. The molecule has 1 saturated heterocycles. The molecular formula is C14H20ClNO2S. The van der Waals surface area contributed by atoms with E-state index < -0.39 is 10.0 Å². The van der Waals surface area contributed by atoms with Crippen LogP contribution in [0.3, 0.4) is 0 Å². The Morgan fingerprint density at radius 1 is 1.32 bits per heavy atom. The van der Waals surface area contributed by atoms with Gasteiger partial charge >= 0.3 is 0 Å². The second-order valence-electron chi connectivity index (χ2n) is 5.24. The number of rotatable bonds is 4. The maximum Gasteiger partial charge on any atom is 0.243 e. The first-order valence-corrected chi connectivity index (χ1v) is 8.56. The molecule has 1 unspecified atom stereocenters. The molecule has 0 aromatic heterocycles. The minimum Gasteiger partial charge on any atom is -0.207 e. The van der Waals surface area contributed by atoms with Crippen molar-refractivity contribution < 1.29 is 8.42 Å². The molecule has 1 aliphatic heterocycles. The van der Waals surface area contributed by atoms with Gasteiger partial charge in [0.2, 0.25) is 10.0 Å². The van der Waals surface area contributed by atoms with E-state index in [1.54, 1.807) is 16.4 Å². The van der Waals surface area contributed by atoms with Crippen LogP contribution in [0.1, 0.15) is 24.0 Å². The number of nitrogens with zero attached hydrogens (tertiary/aromatic N) is 1. The molecule has 0 spiro atoms. The molecule has 1 fully saturated rings. The van der Waals surface area contributed by atoms with Crippen LogP contribution in [-0.4, -0.2) is 31.7 Å². The lowest BCUT2D eigenvalue weighted by molar-refractivity contribution is 0.453. The molecule has 0 radical (unpaired) electrons. The van der Waals surface area contributed by atoms with E-state index in [-0.39, 0.29) is 0 Å². The standard InChI is InChI=1S/C14H20ClNO2S/c1-11-3-4-14(9-12(11)2)19(17,18)16-8-6-13(10-16)5-7-15/h3-4,9,13H,5-8,10H2,1-2H3. The molecule has 1 aliphatic rings. The van der Waals surface area contributed by atoms with Crippen molar-refractivity contribution in [2.45, 2.75) is 31.6 Å². The summed E-state index contributed by atoms with van der Waals surface area (Å²) in [5.74, 6) is 1.00. The number of alkyl halides is 1.